The number of sulfonamides is 2. The van der Waals surface area contributed by atoms with Crippen LogP contribution in [-0.4, -0.2) is 202 Å². The van der Waals surface area contributed by atoms with Crippen molar-refractivity contribution in [1.29, 1.82) is 0 Å². The maximum Gasteiger partial charge on any atom is 0.410 e. The van der Waals surface area contributed by atoms with Gasteiger partial charge in [0.05, 0.1) is 54.5 Å². The second-order valence-electron chi connectivity index (χ2n) is 31.5. The maximum absolute atomic E-state index is 13.7. The first-order chi connectivity index (χ1) is 51.0. The number of halogens is 7. The fourth-order valence-corrected chi connectivity index (χ4v) is 16.4. The molecule has 3 saturated heterocycles. The number of aliphatic hydroxyl groups is 2. The van der Waals surface area contributed by atoms with Gasteiger partial charge in [-0.25, -0.2) is 43.5 Å². The quantitative estimate of drug-likeness (QED) is 0.0342. The number of ether oxygens (including phenoxy) is 5. The number of nitrogens with zero attached hydrogens (tertiary/aromatic N) is 12. The monoisotopic (exact) mass is 1590 g/mol. The zero-order valence-corrected chi connectivity index (χ0v) is 64.5. The molecule has 0 aromatic carbocycles. The molecule has 12 rings (SSSR count). The summed E-state index contributed by atoms with van der Waals surface area (Å²) in [6, 6.07) is 17.4. The van der Waals surface area contributed by atoms with Crippen LogP contribution in [0.4, 0.5) is 48.6 Å². The molecule has 2 aliphatic carbocycles. The lowest BCUT2D eigenvalue weighted by Crippen LogP contribution is -2.45. The highest BCUT2D eigenvalue weighted by atomic mass is 35.5. The number of aromatic nitrogens is 8. The molecule has 0 radical (unpaired) electrons. The Balaban J connectivity index is 0.000000221. The van der Waals surface area contributed by atoms with Gasteiger partial charge in [0.15, 0.2) is 27.5 Å². The number of rotatable bonds is 23. The first-order valence-electron chi connectivity index (χ1n) is 36.1. The van der Waals surface area contributed by atoms with Gasteiger partial charge in [-0.1, -0.05) is 23.7 Å². The summed E-state index contributed by atoms with van der Waals surface area (Å²) in [7, 11) is -8.97. The topological polar surface area (TPSA) is 330 Å². The van der Waals surface area contributed by atoms with Crippen molar-refractivity contribution >= 4 is 67.0 Å². The number of alkyl halides is 6. The summed E-state index contributed by atoms with van der Waals surface area (Å²) < 4.78 is 169. The number of hydrogen-bond donors (Lipinski definition) is 4. The van der Waals surface area contributed by atoms with E-state index < -0.39 is 94.7 Å². The van der Waals surface area contributed by atoms with Crippen molar-refractivity contribution in [2.24, 2.45) is 22.7 Å². The van der Waals surface area contributed by atoms with E-state index in [1.165, 1.54) is 76.2 Å². The van der Waals surface area contributed by atoms with Gasteiger partial charge in [-0.05, 0) is 200 Å². The molecule has 37 heteroatoms. The summed E-state index contributed by atoms with van der Waals surface area (Å²) in [6.07, 6.45) is -2.80. The molecule has 6 aromatic rings. The summed E-state index contributed by atoms with van der Waals surface area (Å²) in [4.78, 5) is 65.2. The fraction of sp³-hybridized carbons (Fsp3) is 0.597. The average molecular weight is 1590 g/mol. The normalized spacial score (nSPS) is 21.4. The molecule has 6 aromatic heterocycles. The van der Waals surface area contributed by atoms with E-state index in [1.807, 2.05) is 76.8 Å². The number of hydrogen-bond acceptors (Lipinski definition) is 23. The molecule has 0 spiro atoms. The van der Waals surface area contributed by atoms with Gasteiger partial charge in [0.1, 0.15) is 34.3 Å². The van der Waals surface area contributed by atoms with Crippen LogP contribution in [0.2, 0.25) is 5.15 Å². The molecule has 10 heterocycles. The Labute approximate surface area is 633 Å². The zero-order valence-electron chi connectivity index (χ0n) is 62.1. The Bertz CT molecular complexity index is 4510. The minimum Gasteiger partial charge on any atom is -0.477 e. The van der Waals surface area contributed by atoms with E-state index in [1.54, 1.807) is 28.1 Å². The van der Waals surface area contributed by atoms with Crippen molar-refractivity contribution < 1.29 is 91.5 Å². The summed E-state index contributed by atoms with van der Waals surface area (Å²) in [5.74, 6) is -0.825. The third-order valence-electron chi connectivity index (χ3n) is 20.4. The molecule has 6 aliphatic rings. The fourth-order valence-electron chi connectivity index (χ4n) is 14.3. The molecular formula is C72H93ClF6N14O14S2. The van der Waals surface area contributed by atoms with Crippen LogP contribution in [0.1, 0.15) is 160 Å². The maximum atomic E-state index is 13.7. The molecule has 4 N–H and O–H groups in total. The second kappa shape index (κ2) is 31.5. The van der Waals surface area contributed by atoms with Crippen molar-refractivity contribution in [2.75, 3.05) is 80.4 Å². The van der Waals surface area contributed by atoms with Crippen LogP contribution in [0.15, 0.2) is 95.2 Å². The molecule has 3 amide bonds. The van der Waals surface area contributed by atoms with Crippen molar-refractivity contribution in [3.63, 3.8) is 0 Å². The van der Waals surface area contributed by atoms with Crippen molar-refractivity contribution in [3.05, 3.63) is 101 Å². The van der Waals surface area contributed by atoms with E-state index in [0.29, 0.717) is 63.8 Å². The number of carbonyl (C=O) groups is 3. The van der Waals surface area contributed by atoms with Gasteiger partial charge in [-0.2, -0.15) is 43.2 Å². The summed E-state index contributed by atoms with van der Waals surface area (Å²) in [5.41, 5.74) is -5.07. The Kier molecular flexibility index (Phi) is 23.7. The molecule has 2 unspecified atom stereocenters. The lowest BCUT2D eigenvalue weighted by molar-refractivity contribution is -0.190. The predicted molar refractivity (Wildman–Crippen MR) is 387 cm³/mol. The molecule has 4 bridgehead atoms. The van der Waals surface area contributed by atoms with Gasteiger partial charge >= 0.3 is 18.4 Å². The van der Waals surface area contributed by atoms with E-state index in [0.717, 1.165) is 25.7 Å². The van der Waals surface area contributed by atoms with E-state index in [-0.39, 0.29) is 133 Å². The van der Waals surface area contributed by atoms with Gasteiger partial charge in [-0.3, -0.25) is 9.59 Å². The number of anilines is 3. The van der Waals surface area contributed by atoms with Crippen molar-refractivity contribution in [3.8, 4) is 23.4 Å². The number of β-amino-alcohol motifs (C(OH)–C–C–N with tert-alkyl or cyclic N) is 1. The third kappa shape index (κ3) is 19.8. The number of nitrogens with one attached hydrogen (secondary N) is 2. The number of amides is 3. The van der Waals surface area contributed by atoms with Crippen LogP contribution in [0.25, 0.3) is 11.6 Å². The molecule has 4 aliphatic heterocycles. The molecule has 5 fully saturated rings. The van der Waals surface area contributed by atoms with Crippen LogP contribution in [-0.2, 0) is 34.3 Å². The number of likely N-dealkylation sites (tertiary alicyclic amines) is 1. The van der Waals surface area contributed by atoms with Gasteiger partial charge in [0.25, 0.3) is 31.9 Å². The van der Waals surface area contributed by atoms with Gasteiger partial charge in [0, 0.05) is 74.9 Å². The van der Waals surface area contributed by atoms with Crippen molar-refractivity contribution in [1.82, 2.24) is 53.8 Å². The van der Waals surface area contributed by atoms with Gasteiger partial charge in [0.2, 0.25) is 11.8 Å². The highest BCUT2D eigenvalue weighted by Crippen LogP contribution is 2.61. The lowest BCUT2D eigenvalue weighted by atomic mass is 9.93. The number of aliphatic hydroxyl groups excluding tert-OH is 2. The highest BCUT2D eigenvalue weighted by Gasteiger charge is 2.63. The van der Waals surface area contributed by atoms with Gasteiger partial charge in [-0.15, -0.1) is 10.2 Å². The van der Waals surface area contributed by atoms with Crippen LogP contribution in [0, 0.1) is 22.7 Å². The highest BCUT2D eigenvalue weighted by molar-refractivity contribution is 7.90. The first kappa shape index (κ1) is 81.8. The minimum atomic E-state index is -4.52. The first-order valence-corrected chi connectivity index (χ1v) is 39.5. The van der Waals surface area contributed by atoms with Crippen LogP contribution in [0.5, 0.6) is 11.8 Å². The average Bonchev–Trinajstić information content (AvgIpc) is 1.66. The molecular weight excluding hydrogens is 1500 g/mol. The Morgan fingerprint density at radius 3 is 2.01 bits per heavy atom. The number of fused-ring (bicyclic) bond motifs is 6. The number of carbonyl (C=O) groups excluding carboxylic acids is 3. The van der Waals surface area contributed by atoms with E-state index in [9.17, 15) is 67.8 Å². The van der Waals surface area contributed by atoms with Crippen LogP contribution < -0.4 is 33.6 Å². The molecule has 109 heavy (non-hydrogen) atoms. The Morgan fingerprint density at radius 1 is 0.798 bits per heavy atom. The Morgan fingerprint density at radius 2 is 1.42 bits per heavy atom. The van der Waals surface area contributed by atoms with Crippen molar-refractivity contribution in [2.45, 2.75) is 196 Å². The van der Waals surface area contributed by atoms with Crippen LogP contribution in [0.3, 0.4) is 0 Å². The molecule has 2 saturated carbocycles. The molecule has 28 nitrogen and oxygen atoms in total. The summed E-state index contributed by atoms with van der Waals surface area (Å²) >= 11 is 6.35. The smallest absolute Gasteiger partial charge is 0.410 e. The van der Waals surface area contributed by atoms with E-state index >= 15 is 0 Å². The SMILES string of the molecule is CC(C)(C)OC(=O)N1C[C@@H](CCCN(CC2COC(C)(C)O2)c2cccc(S(=O)(=O)NC(=O)c3ccc(-n4ccc(OCCC5(C(F)(F)F)CC5)n4)nc3Cl)n2)CC1(C)C.CC1(C)C[C@@H]2CCCN(CC(O)CO)c3cccc(n3)S(=O)(=O)NC(=O)c3ccc(-n4ccc(OCCC5(C(F)(F)F)CC5)n4)nc3N1C2. The zero-order chi connectivity index (χ0) is 79.1. The number of pyridine rings is 4. The summed E-state index contributed by atoms with van der Waals surface area (Å²) in [6.45, 7) is 19.2. The minimum absolute atomic E-state index is 0.0188. The largest absolute Gasteiger partial charge is 0.477 e. The second-order valence-corrected chi connectivity index (χ2v) is 35.1. The lowest BCUT2D eigenvalue weighted by Gasteiger charge is -2.34. The van der Waals surface area contributed by atoms with Gasteiger partial charge < -0.3 is 53.5 Å². The van der Waals surface area contributed by atoms with E-state index in [4.69, 9.17) is 40.3 Å². The third-order valence-corrected chi connectivity index (χ3v) is 23.2. The predicted octanol–water partition coefficient (Wildman–Crippen LogP) is 10.8. The molecule has 4 atom stereocenters. The van der Waals surface area contributed by atoms with Crippen LogP contribution >= 0.6 is 11.6 Å². The standard InChI is InChI=1S/C40H53ClF3N7O8S.C32H40F3N7O6S/c1-36(2,3)59-35(53)50-23-26(22-37(50,4)5)10-9-19-49(24-27-25-57-38(6,7)58-27)29-11-8-12-32(45-29)60(54,55)48-34(52)28-13-14-30(46-33(28)41)51-20-15-31(47-51)56-21-18-39(16-17-39)40(42,43)44;1-30(2)17-21-5-4-14-40(19-22(44)20-43)24-6-3-7-27(36-24)49(46,47)39-29(45)23-8-9-25(37-28(23)41(30)18-21)42-15-10-26(38-42)48-16-13-31(11-12-31)32(33,34)35/h8,11-15,20,26-27H,9-10,16-19,21-25H2,1-7H3,(H,48,52);3,6-10,15,21-22,43-44H,4-5,11-14,16-20H2,1-2H3,(H,39,45)/t26-,27?;21-,22?/m00/s1. The van der Waals surface area contributed by atoms with E-state index in [2.05, 4.69) is 29.9 Å². The Hall–Kier alpha value is -8.16. The molecule has 596 valence electrons. The summed E-state index contributed by atoms with van der Waals surface area (Å²) in [5, 5.41) is 27.1.